The van der Waals surface area contributed by atoms with Gasteiger partial charge in [0.25, 0.3) is 0 Å². The number of para-hydroxylation sites is 1. The second-order valence-electron chi connectivity index (χ2n) is 10.0. The van der Waals surface area contributed by atoms with E-state index in [1.54, 1.807) is 24.3 Å². The van der Waals surface area contributed by atoms with Crippen LogP contribution in [0.5, 0.6) is 5.75 Å². The molecule has 43 heavy (non-hydrogen) atoms. The van der Waals surface area contributed by atoms with E-state index >= 15 is 0 Å². The van der Waals surface area contributed by atoms with Gasteiger partial charge in [0.2, 0.25) is 5.60 Å². The Morgan fingerprint density at radius 1 is 1.26 bits per heavy atom. The molecule has 0 aliphatic carbocycles. The van der Waals surface area contributed by atoms with Gasteiger partial charge in [-0.3, -0.25) is 4.52 Å². The van der Waals surface area contributed by atoms with Crippen LogP contribution in [0.3, 0.4) is 0 Å². The molecule has 1 unspecified atom stereocenters. The second-order valence-corrected chi connectivity index (χ2v) is 11.7. The van der Waals surface area contributed by atoms with Gasteiger partial charge in [-0.05, 0) is 30.2 Å². The van der Waals surface area contributed by atoms with Gasteiger partial charge in [-0.1, -0.05) is 49.7 Å². The summed E-state index contributed by atoms with van der Waals surface area (Å²) in [4.78, 5) is 20.3. The van der Waals surface area contributed by atoms with Crippen molar-refractivity contribution < 1.29 is 38.1 Å². The number of aliphatic hydroxyl groups excluding tert-OH is 2. The standard InChI is InChI=1S/C28H34N6O8P/c1-4-19(5-2)13-39-27(37)18(3)32-17-43(38,42-20-9-7-6-8-10-20)40-14-22-24(35)25(36)28(15-29,41-22)23-12-11-21-26(30)31-16-33-34(21)23/h6-12,16,18-19,22,24-25,35-36H,4-5,13-14H2,1-3H3,(H2,30,31,33)/q+1/t18-,22+,24+,25+,28-,43?/m0/s1. The molecule has 15 heteroatoms. The average molecular weight is 614 g/mol. The summed E-state index contributed by atoms with van der Waals surface area (Å²) in [6.07, 6.45) is -1.88. The van der Waals surface area contributed by atoms with Crippen LogP contribution in [0, 0.1) is 23.1 Å². The molecule has 228 valence electrons. The lowest BCUT2D eigenvalue weighted by Crippen LogP contribution is -2.41. The summed E-state index contributed by atoms with van der Waals surface area (Å²) >= 11 is 0. The normalized spacial score (nSPS) is 23.6. The largest absolute Gasteiger partial charge is 0.530 e. The number of aliphatic hydroxyl groups is 2. The van der Waals surface area contributed by atoms with E-state index in [-0.39, 0.29) is 29.8 Å². The molecule has 1 fully saturated rings. The van der Waals surface area contributed by atoms with E-state index in [0.717, 1.165) is 12.8 Å². The number of benzene rings is 1. The Morgan fingerprint density at radius 2 is 1.98 bits per heavy atom. The molecule has 1 saturated heterocycles. The third-order valence-corrected chi connectivity index (χ3v) is 8.50. The molecule has 1 aliphatic heterocycles. The predicted octanol–water partition coefficient (Wildman–Crippen LogP) is 3.10. The number of rotatable bonds is 11. The minimum Gasteiger partial charge on any atom is -0.460 e. The zero-order valence-corrected chi connectivity index (χ0v) is 24.8. The zero-order valence-electron chi connectivity index (χ0n) is 23.9. The number of nitriles is 1. The smallest absolute Gasteiger partial charge is 0.460 e. The average Bonchev–Trinajstić information content (AvgIpc) is 3.56. The van der Waals surface area contributed by atoms with Gasteiger partial charge in [0.05, 0.1) is 18.9 Å². The summed E-state index contributed by atoms with van der Waals surface area (Å²) in [6.45, 7) is 5.08. The van der Waals surface area contributed by atoms with E-state index in [0.29, 0.717) is 5.52 Å². The number of esters is 1. The zero-order chi connectivity index (χ0) is 31.2. The van der Waals surface area contributed by atoms with E-state index in [1.165, 1.54) is 36.0 Å². The lowest BCUT2D eigenvalue weighted by molar-refractivity contribution is -0.145. The molecular weight excluding hydrogens is 579 g/mol. The predicted molar refractivity (Wildman–Crippen MR) is 154 cm³/mol. The number of anilines is 1. The molecule has 3 aromatic rings. The molecule has 1 aliphatic rings. The minimum atomic E-state index is -4.36. The van der Waals surface area contributed by atoms with Gasteiger partial charge in [0.1, 0.15) is 42.0 Å². The molecule has 14 nitrogen and oxygen atoms in total. The van der Waals surface area contributed by atoms with Crippen LogP contribution in [0.4, 0.5) is 5.82 Å². The van der Waals surface area contributed by atoms with E-state index in [1.807, 2.05) is 19.9 Å². The number of fused-ring (bicyclic) bond motifs is 1. The Kier molecular flexibility index (Phi) is 10.0. The molecule has 6 atom stereocenters. The van der Waals surface area contributed by atoms with Crippen LogP contribution < -0.4 is 10.3 Å². The van der Waals surface area contributed by atoms with Crippen molar-refractivity contribution in [2.45, 2.75) is 63.6 Å². The van der Waals surface area contributed by atoms with E-state index < -0.39 is 50.1 Å². The number of carbonyl (C=O) groups excluding carboxylic acids is 1. The van der Waals surface area contributed by atoms with Crippen molar-refractivity contribution in [2.75, 3.05) is 18.9 Å². The van der Waals surface area contributed by atoms with Crippen LogP contribution in [0.1, 0.15) is 39.3 Å². The first-order valence-corrected chi connectivity index (χ1v) is 15.3. The van der Waals surface area contributed by atoms with Gasteiger partial charge in [-0.15, -0.1) is 0 Å². The summed E-state index contributed by atoms with van der Waals surface area (Å²) in [7, 11) is -4.36. The molecule has 0 amide bonds. The Labute approximate surface area is 248 Å². The van der Waals surface area contributed by atoms with Gasteiger partial charge in [-0.2, -0.15) is 10.4 Å². The first kappa shape index (κ1) is 31.9. The van der Waals surface area contributed by atoms with Crippen LogP contribution in [0.2, 0.25) is 0 Å². The number of nitrogens with two attached hydrogens (primary N) is 1. The topological polar surface area (TPSA) is 196 Å². The highest BCUT2D eigenvalue weighted by Gasteiger charge is 2.58. The Bertz CT molecular complexity index is 1580. The van der Waals surface area contributed by atoms with E-state index in [9.17, 15) is 24.8 Å². The number of carbonyl (C=O) groups is 1. The number of hydrogen-bond acceptors (Lipinski definition) is 12. The summed E-state index contributed by atoms with van der Waals surface area (Å²) < 4.78 is 37.4. The fourth-order valence-corrected chi connectivity index (χ4v) is 5.68. The van der Waals surface area contributed by atoms with Gasteiger partial charge in [0.15, 0.2) is 5.82 Å². The van der Waals surface area contributed by atoms with Crippen molar-refractivity contribution in [2.24, 2.45) is 5.92 Å². The first-order valence-electron chi connectivity index (χ1n) is 13.7. The van der Waals surface area contributed by atoms with Crippen molar-refractivity contribution in [3.63, 3.8) is 0 Å². The van der Waals surface area contributed by atoms with E-state index in [2.05, 4.69) is 20.7 Å². The first-order chi connectivity index (χ1) is 20.6. The molecule has 2 aromatic heterocycles. The van der Waals surface area contributed by atoms with Gasteiger partial charge < -0.3 is 29.9 Å². The highest BCUT2D eigenvalue weighted by molar-refractivity contribution is 7.59. The molecule has 0 bridgehead atoms. The maximum Gasteiger partial charge on any atom is 0.530 e. The SMILES string of the molecule is CCC(CC)COC(=O)[C@H](C)[N+]#CP(=O)(OC[C@H]1O[C@@](C#N)(c2ccc3c(N)ncnn23)[C@H](O)[C@@H]1O)Oc1ccccc1. The van der Waals surface area contributed by atoms with Gasteiger partial charge in [0, 0.05) is 6.92 Å². The second kappa shape index (κ2) is 13.5. The highest BCUT2D eigenvalue weighted by atomic mass is 31.2. The fourth-order valence-electron chi connectivity index (χ4n) is 4.47. The molecule has 4 rings (SSSR count). The maximum atomic E-state index is 13.8. The van der Waals surface area contributed by atoms with Crippen LogP contribution in [-0.4, -0.2) is 68.3 Å². The number of ether oxygens (including phenoxy) is 2. The molecule has 1 aromatic carbocycles. The summed E-state index contributed by atoms with van der Waals surface area (Å²) in [5.41, 5.74) is 4.25. The van der Waals surface area contributed by atoms with Gasteiger partial charge >= 0.3 is 25.4 Å². The number of hydrogen-bond donors (Lipinski definition) is 3. The number of aromatic nitrogens is 3. The van der Waals surface area contributed by atoms with Crippen molar-refractivity contribution in [3.05, 3.63) is 59.3 Å². The van der Waals surface area contributed by atoms with E-state index in [4.69, 9.17) is 24.3 Å². The Morgan fingerprint density at radius 3 is 2.65 bits per heavy atom. The highest BCUT2D eigenvalue weighted by Crippen LogP contribution is 2.49. The quantitative estimate of drug-likeness (QED) is 0.211. The molecular formula is C28H34N6O8P+. The van der Waals surface area contributed by atoms with Crippen LogP contribution >= 0.6 is 7.60 Å². The van der Waals surface area contributed by atoms with Crippen molar-refractivity contribution >= 4 is 24.9 Å². The Balaban J connectivity index is 1.55. The maximum absolute atomic E-state index is 13.8. The molecule has 4 N–H and O–H groups in total. The van der Waals surface area contributed by atoms with Crippen LogP contribution in [0.15, 0.2) is 48.8 Å². The summed E-state index contributed by atoms with van der Waals surface area (Å²) in [5.74, 6) is 2.19. The monoisotopic (exact) mass is 613 g/mol. The lowest BCUT2D eigenvalue weighted by Gasteiger charge is -2.24. The summed E-state index contributed by atoms with van der Waals surface area (Å²) in [5, 5.41) is 36.1. The van der Waals surface area contributed by atoms with Crippen molar-refractivity contribution in [1.29, 1.82) is 5.26 Å². The van der Waals surface area contributed by atoms with Crippen LogP contribution in [0.25, 0.3) is 10.4 Å². The third-order valence-electron chi connectivity index (χ3n) is 7.20. The summed E-state index contributed by atoms with van der Waals surface area (Å²) in [6, 6.07) is 11.9. The molecule has 3 heterocycles. The van der Waals surface area contributed by atoms with Gasteiger partial charge in [-0.25, -0.2) is 18.9 Å². The fraction of sp³-hybridized carbons (Fsp3) is 0.464. The van der Waals surface area contributed by atoms with Crippen LogP contribution in [-0.2, 0) is 29.0 Å². The lowest BCUT2D eigenvalue weighted by atomic mass is 9.92. The third kappa shape index (κ3) is 6.80. The molecule has 0 saturated carbocycles. The van der Waals surface area contributed by atoms with Crippen molar-refractivity contribution in [3.8, 4) is 17.6 Å². The minimum absolute atomic E-state index is 0.0886. The van der Waals surface area contributed by atoms with Crippen molar-refractivity contribution in [1.82, 2.24) is 14.6 Å². The molecule has 0 spiro atoms. The molecule has 0 radical (unpaired) electrons. The number of nitrogens with zero attached hydrogens (tertiary/aromatic N) is 5. The number of nitrogen functional groups attached to an aromatic ring is 1. The Hall–Kier alpha value is -4.04.